The molecule has 2 rings (SSSR count). The van der Waals surface area contributed by atoms with Crippen molar-refractivity contribution in [1.82, 2.24) is 4.90 Å². The standard InChI is InChI=1S/C18H20N6/c1-2-7-23-8-10-24(11-9-23)17-5-3-16(4-6-17)22-18(14-21)15(12-19)13-20/h3-6,22H,2,7-11H2,1H3. The number of hydrogen-bond acceptors (Lipinski definition) is 6. The lowest BCUT2D eigenvalue weighted by atomic mass is 10.2. The summed E-state index contributed by atoms with van der Waals surface area (Å²) in [6.45, 7) is 7.50. The Bertz CT molecular complexity index is 690. The summed E-state index contributed by atoms with van der Waals surface area (Å²) in [6.07, 6.45) is 1.18. The smallest absolute Gasteiger partial charge is 0.163 e. The lowest BCUT2D eigenvalue weighted by molar-refractivity contribution is 0.258. The Hall–Kier alpha value is -3.01. The molecule has 1 aliphatic heterocycles. The monoisotopic (exact) mass is 320 g/mol. The topological polar surface area (TPSA) is 89.9 Å². The van der Waals surface area contributed by atoms with Crippen LogP contribution in [0.15, 0.2) is 35.5 Å². The summed E-state index contributed by atoms with van der Waals surface area (Å²) < 4.78 is 0. The number of allylic oxidation sites excluding steroid dienone is 2. The summed E-state index contributed by atoms with van der Waals surface area (Å²) in [5.41, 5.74) is 1.58. The Labute approximate surface area is 142 Å². The van der Waals surface area contributed by atoms with E-state index in [9.17, 15) is 0 Å². The molecule has 0 unspecified atom stereocenters. The fraction of sp³-hybridized carbons (Fsp3) is 0.389. The molecule has 1 fully saturated rings. The Morgan fingerprint density at radius 2 is 1.62 bits per heavy atom. The SMILES string of the molecule is CCCN1CCN(c2ccc(NC(C#N)=C(C#N)C#N)cc2)CC1. The second-order valence-corrected chi connectivity index (χ2v) is 5.59. The molecule has 0 bridgehead atoms. The van der Waals surface area contributed by atoms with Gasteiger partial charge >= 0.3 is 0 Å². The molecular formula is C18H20N6. The van der Waals surface area contributed by atoms with Crippen LogP contribution in [0.25, 0.3) is 0 Å². The first kappa shape index (κ1) is 17.3. The molecule has 0 aliphatic carbocycles. The van der Waals surface area contributed by atoms with Crippen molar-refractivity contribution in [3.8, 4) is 18.2 Å². The maximum Gasteiger partial charge on any atom is 0.163 e. The zero-order chi connectivity index (χ0) is 17.4. The van der Waals surface area contributed by atoms with Crippen LogP contribution in [0.5, 0.6) is 0 Å². The number of anilines is 2. The molecule has 1 heterocycles. The highest BCUT2D eigenvalue weighted by Crippen LogP contribution is 2.21. The van der Waals surface area contributed by atoms with Crippen molar-refractivity contribution in [2.45, 2.75) is 13.3 Å². The van der Waals surface area contributed by atoms with Gasteiger partial charge in [0.05, 0.1) is 0 Å². The summed E-state index contributed by atoms with van der Waals surface area (Å²) in [7, 11) is 0. The van der Waals surface area contributed by atoms with Gasteiger partial charge in [-0.1, -0.05) is 6.92 Å². The minimum atomic E-state index is -0.214. The van der Waals surface area contributed by atoms with Gasteiger partial charge < -0.3 is 10.2 Å². The summed E-state index contributed by atoms with van der Waals surface area (Å²) >= 11 is 0. The zero-order valence-electron chi connectivity index (χ0n) is 13.8. The van der Waals surface area contributed by atoms with Gasteiger partial charge in [-0.15, -0.1) is 0 Å². The third-order valence-corrected chi connectivity index (χ3v) is 4.00. The average molecular weight is 320 g/mol. The van der Waals surface area contributed by atoms with Crippen molar-refractivity contribution < 1.29 is 0 Å². The quantitative estimate of drug-likeness (QED) is 0.838. The number of nitrogens with zero attached hydrogens (tertiary/aromatic N) is 5. The third kappa shape index (κ3) is 4.26. The average Bonchev–Trinajstić information content (AvgIpc) is 2.63. The second-order valence-electron chi connectivity index (χ2n) is 5.59. The van der Waals surface area contributed by atoms with E-state index in [0.717, 1.165) is 38.4 Å². The van der Waals surface area contributed by atoms with Gasteiger partial charge in [0, 0.05) is 37.6 Å². The van der Waals surface area contributed by atoms with Crippen LogP contribution >= 0.6 is 0 Å². The number of nitrogens with one attached hydrogen (secondary N) is 1. The lowest BCUT2D eigenvalue weighted by Crippen LogP contribution is -2.46. The highest BCUT2D eigenvalue weighted by molar-refractivity contribution is 5.61. The fourth-order valence-corrected chi connectivity index (χ4v) is 2.73. The number of nitriles is 3. The molecule has 1 aromatic carbocycles. The maximum absolute atomic E-state index is 9.06. The highest BCUT2D eigenvalue weighted by atomic mass is 15.3. The van der Waals surface area contributed by atoms with Gasteiger partial charge in [-0.3, -0.25) is 4.90 Å². The molecule has 1 saturated heterocycles. The molecule has 6 nitrogen and oxygen atoms in total. The van der Waals surface area contributed by atoms with E-state index in [1.165, 1.54) is 6.42 Å². The fourth-order valence-electron chi connectivity index (χ4n) is 2.73. The van der Waals surface area contributed by atoms with Gasteiger partial charge in [0.2, 0.25) is 0 Å². The van der Waals surface area contributed by atoms with E-state index in [0.29, 0.717) is 5.69 Å². The van der Waals surface area contributed by atoms with Crippen LogP contribution in [-0.2, 0) is 0 Å². The predicted octanol–water partition coefficient (Wildman–Crippen LogP) is 2.46. The van der Waals surface area contributed by atoms with Crippen LogP contribution < -0.4 is 10.2 Å². The van der Waals surface area contributed by atoms with Gasteiger partial charge in [0.1, 0.15) is 23.9 Å². The number of hydrogen-bond donors (Lipinski definition) is 1. The largest absolute Gasteiger partial charge is 0.369 e. The molecule has 0 saturated carbocycles. The van der Waals surface area contributed by atoms with Crippen LogP contribution in [-0.4, -0.2) is 37.6 Å². The molecule has 1 N–H and O–H groups in total. The summed E-state index contributed by atoms with van der Waals surface area (Å²) in [6, 6.07) is 13.0. The molecule has 0 radical (unpaired) electrons. The maximum atomic E-state index is 9.06. The molecule has 0 amide bonds. The van der Waals surface area contributed by atoms with Gasteiger partial charge in [0.25, 0.3) is 0 Å². The van der Waals surface area contributed by atoms with E-state index in [4.69, 9.17) is 15.8 Å². The van der Waals surface area contributed by atoms with Crippen LogP contribution in [0.4, 0.5) is 11.4 Å². The van der Waals surface area contributed by atoms with Crippen molar-refractivity contribution in [3.05, 3.63) is 35.5 Å². The molecule has 0 aromatic heterocycles. The first-order valence-electron chi connectivity index (χ1n) is 8.00. The Kier molecular flexibility index (Phi) is 6.20. The lowest BCUT2D eigenvalue weighted by Gasteiger charge is -2.36. The van der Waals surface area contributed by atoms with Crippen molar-refractivity contribution in [2.75, 3.05) is 42.9 Å². The van der Waals surface area contributed by atoms with Crippen molar-refractivity contribution in [3.63, 3.8) is 0 Å². The molecule has 1 aromatic rings. The molecule has 0 spiro atoms. The second kappa shape index (κ2) is 8.58. The molecular weight excluding hydrogens is 300 g/mol. The van der Waals surface area contributed by atoms with E-state index in [1.54, 1.807) is 12.1 Å². The molecule has 122 valence electrons. The Morgan fingerprint density at radius 3 is 2.12 bits per heavy atom. The van der Waals surface area contributed by atoms with Crippen molar-refractivity contribution in [1.29, 1.82) is 15.8 Å². The molecule has 24 heavy (non-hydrogen) atoms. The van der Waals surface area contributed by atoms with Gasteiger partial charge in [0.15, 0.2) is 5.57 Å². The molecule has 6 heteroatoms. The van der Waals surface area contributed by atoms with Crippen LogP contribution in [0.2, 0.25) is 0 Å². The number of benzene rings is 1. The number of piperazine rings is 1. The Morgan fingerprint density at radius 1 is 1.00 bits per heavy atom. The van der Waals surface area contributed by atoms with Crippen LogP contribution in [0.1, 0.15) is 13.3 Å². The van der Waals surface area contributed by atoms with E-state index >= 15 is 0 Å². The number of rotatable bonds is 5. The van der Waals surface area contributed by atoms with Crippen LogP contribution in [0.3, 0.4) is 0 Å². The molecule has 1 aliphatic rings. The summed E-state index contributed by atoms with van der Waals surface area (Å²) in [5, 5.41) is 29.6. The van der Waals surface area contributed by atoms with Crippen LogP contribution in [0, 0.1) is 34.0 Å². The summed E-state index contributed by atoms with van der Waals surface area (Å²) in [4.78, 5) is 4.81. The van der Waals surface area contributed by atoms with Crippen molar-refractivity contribution >= 4 is 11.4 Å². The first-order chi connectivity index (χ1) is 11.7. The zero-order valence-corrected chi connectivity index (χ0v) is 13.8. The van der Waals surface area contributed by atoms with Gasteiger partial charge in [-0.2, -0.15) is 15.8 Å². The Balaban J connectivity index is 2.02. The minimum Gasteiger partial charge on any atom is -0.369 e. The van der Waals surface area contributed by atoms with E-state index in [1.807, 2.05) is 30.3 Å². The minimum absolute atomic E-state index is 0.0269. The summed E-state index contributed by atoms with van der Waals surface area (Å²) in [5.74, 6) is 0. The van der Waals surface area contributed by atoms with E-state index in [-0.39, 0.29) is 11.3 Å². The highest BCUT2D eigenvalue weighted by Gasteiger charge is 2.16. The first-order valence-corrected chi connectivity index (χ1v) is 8.00. The van der Waals surface area contributed by atoms with Gasteiger partial charge in [-0.05, 0) is 37.2 Å². The predicted molar refractivity (Wildman–Crippen MR) is 92.9 cm³/mol. The molecule has 0 atom stereocenters. The van der Waals surface area contributed by atoms with E-state index < -0.39 is 0 Å². The third-order valence-electron chi connectivity index (χ3n) is 4.00. The van der Waals surface area contributed by atoms with Crippen molar-refractivity contribution in [2.24, 2.45) is 0 Å². The van der Waals surface area contributed by atoms with Gasteiger partial charge in [-0.25, -0.2) is 0 Å². The van der Waals surface area contributed by atoms with E-state index in [2.05, 4.69) is 22.0 Å². The normalized spacial score (nSPS) is 14.2.